The minimum atomic E-state index is -4.65. The normalized spacial score (nSPS) is 13.2. The number of alkyl halides is 3. The zero-order valence-electron chi connectivity index (χ0n) is 24.9. The summed E-state index contributed by atoms with van der Waals surface area (Å²) in [6, 6.07) is 19.2. The highest BCUT2D eigenvalue weighted by Gasteiger charge is 2.33. The first-order valence-corrected chi connectivity index (χ1v) is 16.4. The second kappa shape index (κ2) is 15.4. The second-order valence-corrected chi connectivity index (χ2v) is 13.0. The molecule has 0 aliphatic rings. The molecule has 0 radical (unpaired) electrons. The number of nitrogens with zero attached hydrogens (tertiary/aromatic N) is 2. The molecule has 2 atom stereocenters. The zero-order chi connectivity index (χ0) is 32.5. The average molecular weight is 652 g/mol. The standard InChI is InChI=1S/C32H37ClF3N3O4S/c1-4-23(2)37-31(41)29(20-24-11-6-5-7-12-24)38(22-25-13-8-15-27(33)19-25)30(40)17-10-18-39(44(3,42)43)28-16-9-14-26(21-28)32(34,35)36/h5-9,11-16,19,21,23,29H,4,10,17-18,20,22H2,1-3H3,(H,37,41)/t23-,29-/m0/s1. The molecule has 0 saturated carbocycles. The summed E-state index contributed by atoms with van der Waals surface area (Å²) < 4.78 is 66.0. The lowest BCUT2D eigenvalue weighted by molar-refractivity contribution is -0.141. The quantitative estimate of drug-likeness (QED) is 0.217. The van der Waals surface area contributed by atoms with Crippen LogP contribution in [0.3, 0.4) is 0 Å². The van der Waals surface area contributed by atoms with Gasteiger partial charge in [-0.05, 0) is 61.2 Å². The number of amides is 2. The molecule has 12 heteroatoms. The molecule has 3 rings (SSSR count). The van der Waals surface area contributed by atoms with E-state index in [0.29, 0.717) is 17.0 Å². The Labute approximate surface area is 262 Å². The van der Waals surface area contributed by atoms with Crippen LogP contribution in [0.5, 0.6) is 0 Å². The maximum Gasteiger partial charge on any atom is 0.416 e. The zero-order valence-corrected chi connectivity index (χ0v) is 26.4. The molecule has 1 N–H and O–H groups in total. The largest absolute Gasteiger partial charge is 0.416 e. The summed E-state index contributed by atoms with van der Waals surface area (Å²) in [5.74, 6) is -0.747. The van der Waals surface area contributed by atoms with Crippen molar-refractivity contribution in [3.8, 4) is 0 Å². The van der Waals surface area contributed by atoms with Crippen LogP contribution in [0.15, 0.2) is 78.9 Å². The van der Waals surface area contributed by atoms with Crippen molar-refractivity contribution in [1.29, 1.82) is 0 Å². The maximum atomic E-state index is 13.9. The first-order chi connectivity index (χ1) is 20.7. The van der Waals surface area contributed by atoms with E-state index in [0.717, 1.165) is 34.3 Å². The van der Waals surface area contributed by atoms with Crippen molar-refractivity contribution in [1.82, 2.24) is 10.2 Å². The van der Waals surface area contributed by atoms with Crippen LogP contribution in [-0.4, -0.2) is 50.0 Å². The van der Waals surface area contributed by atoms with E-state index >= 15 is 0 Å². The molecular formula is C32H37ClF3N3O4S. The fourth-order valence-electron chi connectivity index (χ4n) is 4.67. The Morgan fingerprint density at radius 3 is 2.23 bits per heavy atom. The highest BCUT2D eigenvalue weighted by atomic mass is 35.5. The fourth-order valence-corrected chi connectivity index (χ4v) is 5.84. The number of hydrogen-bond donors (Lipinski definition) is 1. The molecule has 44 heavy (non-hydrogen) atoms. The van der Waals surface area contributed by atoms with Crippen molar-refractivity contribution >= 4 is 39.1 Å². The highest BCUT2D eigenvalue weighted by molar-refractivity contribution is 7.92. The second-order valence-electron chi connectivity index (χ2n) is 10.7. The molecule has 0 aliphatic carbocycles. The van der Waals surface area contributed by atoms with Gasteiger partial charge in [0.25, 0.3) is 0 Å². The van der Waals surface area contributed by atoms with Crippen LogP contribution in [-0.2, 0) is 38.8 Å². The van der Waals surface area contributed by atoms with Crippen LogP contribution in [0, 0.1) is 0 Å². The van der Waals surface area contributed by atoms with Crippen LogP contribution in [0.2, 0.25) is 5.02 Å². The summed E-state index contributed by atoms with van der Waals surface area (Å²) in [4.78, 5) is 29.0. The summed E-state index contributed by atoms with van der Waals surface area (Å²) in [6.07, 6.45) is -3.00. The third-order valence-corrected chi connectivity index (χ3v) is 8.56. The lowest BCUT2D eigenvalue weighted by Gasteiger charge is -2.33. The third kappa shape index (κ3) is 10.3. The van der Waals surface area contributed by atoms with Crippen molar-refractivity contribution < 1.29 is 31.2 Å². The fraction of sp³-hybridized carbons (Fsp3) is 0.375. The summed E-state index contributed by atoms with van der Waals surface area (Å²) in [5, 5.41) is 3.44. The highest BCUT2D eigenvalue weighted by Crippen LogP contribution is 2.32. The van der Waals surface area contributed by atoms with Gasteiger partial charge in [0.1, 0.15) is 6.04 Å². The first kappa shape index (κ1) is 34.9. The SMILES string of the molecule is CC[C@H](C)NC(=O)[C@H](Cc1ccccc1)N(Cc1cccc(Cl)c1)C(=O)CCCN(c1cccc(C(F)(F)F)c1)S(C)(=O)=O. The minimum absolute atomic E-state index is 0.000760. The van der Waals surface area contributed by atoms with Crippen LogP contribution in [0.1, 0.15) is 49.8 Å². The van der Waals surface area contributed by atoms with E-state index in [2.05, 4.69) is 5.32 Å². The van der Waals surface area contributed by atoms with E-state index < -0.39 is 33.7 Å². The van der Waals surface area contributed by atoms with E-state index in [1.165, 1.54) is 11.0 Å². The van der Waals surface area contributed by atoms with E-state index in [1.54, 1.807) is 24.3 Å². The Hall–Kier alpha value is -3.57. The molecule has 7 nitrogen and oxygen atoms in total. The molecule has 2 amide bonds. The van der Waals surface area contributed by atoms with Gasteiger partial charge in [0.2, 0.25) is 21.8 Å². The molecule has 0 spiro atoms. The Morgan fingerprint density at radius 1 is 0.955 bits per heavy atom. The molecule has 0 aliphatic heterocycles. The smallest absolute Gasteiger partial charge is 0.352 e. The number of nitrogens with one attached hydrogen (secondary N) is 1. The molecule has 0 bridgehead atoms. The summed E-state index contributed by atoms with van der Waals surface area (Å²) in [7, 11) is -3.98. The van der Waals surface area contributed by atoms with Crippen LogP contribution < -0.4 is 9.62 Å². The molecule has 3 aromatic rings. The number of carbonyl (C=O) groups is 2. The average Bonchev–Trinajstić information content (AvgIpc) is 2.96. The van der Waals surface area contributed by atoms with Crippen molar-refractivity contribution in [2.24, 2.45) is 0 Å². The lowest BCUT2D eigenvalue weighted by Crippen LogP contribution is -2.52. The molecule has 0 fully saturated rings. The number of rotatable bonds is 14. The molecule has 0 saturated heterocycles. The van der Waals surface area contributed by atoms with E-state index in [-0.39, 0.29) is 50.0 Å². The third-order valence-electron chi connectivity index (χ3n) is 7.13. The number of hydrogen-bond acceptors (Lipinski definition) is 4. The Morgan fingerprint density at radius 2 is 1.61 bits per heavy atom. The van der Waals surface area contributed by atoms with Gasteiger partial charge in [-0.25, -0.2) is 8.42 Å². The van der Waals surface area contributed by atoms with Gasteiger partial charge in [0.15, 0.2) is 0 Å². The Balaban J connectivity index is 1.91. The Bertz CT molecular complexity index is 1520. The van der Waals surface area contributed by atoms with Crippen LogP contribution in [0.4, 0.5) is 18.9 Å². The first-order valence-electron chi connectivity index (χ1n) is 14.2. The molecule has 238 valence electrons. The van der Waals surface area contributed by atoms with Crippen LogP contribution >= 0.6 is 11.6 Å². The predicted octanol–water partition coefficient (Wildman–Crippen LogP) is 6.46. The summed E-state index contributed by atoms with van der Waals surface area (Å²) >= 11 is 6.21. The molecule has 0 heterocycles. The lowest BCUT2D eigenvalue weighted by atomic mass is 10.0. The van der Waals surface area contributed by atoms with Gasteiger partial charge in [-0.1, -0.05) is 67.1 Å². The predicted molar refractivity (Wildman–Crippen MR) is 167 cm³/mol. The molecule has 0 unspecified atom stereocenters. The van der Waals surface area contributed by atoms with Gasteiger partial charge in [-0.15, -0.1) is 0 Å². The Kier molecular flexibility index (Phi) is 12.2. The monoisotopic (exact) mass is 651 g/mol. The van der Waals surface area contributed by atoms with Gasteiger partial charge >= 0.3 is 6.18 Å². The summed E-state index contributed by atoms with van der Waals surface area (Å²) in [6.45, 7) is 3.63. The van der Waals surface area contributed by atoms with Crippen molar-refractivity contribution in [3.63, 3.8) is 0 Å². The van der Waals surface area contributed by atoms with Crippen molar-refractivity contribution in [3.05, 3.63) is 101 Å². The molecule has 0 aromatic heterocycles. The topological polar surface area (TPSA) is 86.8 Å². The van der Waals surface area contributed by atoms with Crippen LogP contribution in [0.25, 0.3) is 0 Å². The number of carbonyl (C=O) groups excluding carboxylic acids is 2. The van der Waals surface area contributed by atoms with Crippen molar-refractivity contribution in [2.45, 2.75) is 64.3 Å². The van der Waals surface area contributed by atoms with Gasteiger partial charge in [0.05, 0.1) is 17.5 Å². The number of anilines is 1. The summed E-state index contributed by atoms with van der Waals surface area (Å²) in [5.41, 5.74) is 0.402. The number of halogens is 4. The molecule has 3 aromatic carbocycles. The maximum absolute atomic E-state index is 13.9. The van der Waals surface area contributed by atoms with Gasteiger partial charge in [0, 0.05) is 37.0 Å². The molecular weight excluding hydrogens is 615 g/mol. The van der Waals surface area contributed by atoms with Gasteiger partial charge in [-0.3, -0.25) is 13.9 Å². The van der Waals surface area contributed by atoms with Gasteiger partial charge in [-0.2, -0.15) is 13.2 Å². The van der Waals surface area contributed by atoms with E-state index in [9.17, 15) is 31.2 Å². The van der Waals surface area contributed by atoms with Gasteiger partial charge < -0.3 is 10.2 Å². The number of benzene rings is 3. The van der Waals surface area contributed by atoms with E-state index in [4.69, 9.17) is 11.6 Å². The number of sulfonamides is 1. The van der Waals surface area contributed by atoms with E-state index in [1.807, 2.05) is 44.2 Å². The minimum Gasteiger partial charge on any atom is -0.352 e. The van der Waals surface area contributed by atoms with Crippen molar-refractivity contribution in [2.75, 3.05) is 17.1 Å².